The van der Waals surface area contributed by atoms with Gasteiger partial charge < -0.3 is 14.5 Å². The van der Waals surface area contributed by atoms with Gasteiger partial charge in [-0.2, -0.15) is 26.7 Å². The van der Waals surface area contributed by atoms with Crippen LogP contribution in [0.2, 0.25) is 5.02 Å². The lowest BCUT2D eigenvalue weighted by Crippen LogP contribution is -2.35. The topological polar surface area (TPSA) is 115 Å². The van der Waals surface area contributed by atoms with Gasteiger partial charge in [0.2, 0.25) is 5.69 Å². The van der Waals surface area contributed by atoms with E-state index in [-0.39, 0.29) is 34.0 Å². The fourth-order valence-corrected chi connectivity index (χ4v) is 4.45. The number of pyridine rings is 1. The molecule has 0 spiro atoms. The number of hydrogen-bond donors (Lipinski definition) is 0. The summed E-state index contributed by atoms with van der Waals surface area (Å²) in [5, 5.41) is 27.1. The van der Waals surface area contributed by atoms with E-state index in [0.29, 0.717) is 27.0 Å². The first-order valence-corrected chi connectivity index (χ1v) is 12.3. The Morgan fingerprint density at radius 1 is 1.12 bits per heavy atom. The molecule has 4 aromatic heterocycles. The molecule has 0 aliphatic heterocycles. The summed E-state index contributed by atoms with van der Waals surface area (Å²) < 4.78 is 88.5. The molecular formula is C24H18ClF6N9O2. The zero-order chi connectivity index (χ0) is 30.2. The van der Waals surface area contributed by atoms with Crippen LogP contribution in [0.4, 0.5) is 26.3 Å². The number of imidazole rings is 1. The number of ether oxygens (including phenoxy) is 1. The molecule has 5 rings (SSSR count). The van der Waals surface area contributed by atoms with E-state index in [2.05, 4.69) is 30.3 Å². The average Bonchev–Trinajstić information content (AvgIpc) is 3.69. The molecule has 11 nitrogen and oxygen atoms in total. The molecule has 0 fully saturated rings. The molecule has 0 saturated heterocycles. The Hall–Kier alpha value is -4.51. The summed E-state index contributed by atoms with van der Waals surface area (Å²) >= 11 is 5.96. The van der Waals surface area contributed by atoms with Crippen molar-refractivity contribution in [1.82, 2.24) is 39.5 Å². The second-order valence-electron chi connectivity index (χ2n) is 8.85. The Morgan fingerprint density at radius 3 is 2.55 bits per heavy atom. The first-order valence-electron chi connectivity index (χ1n) is 11.9. The summed E-state index contributed by atoms with van der Waals surface area (Å²) in [7, 11) is 1.64. The Morgan fingerprint density at radius 2 is 1.90 bits per heavy atom. The van der Waals surface area contributed by atoms with E-state index in [0.717, 1.165) is 12.3 Å². The second kappa shape index (κ2) is 11.4. The maximum absolute atomic E-state index is 15.3. The van der Waals surface area contributed by atoms with Gasteiger partial charge in [0, 0.05) is 25.7 Å². The summed E-state index contributed by atoms with van der Waals surface area (Å²) in [4.78, 5) is 4.29. The van der Waals surface area contributed by atoms with Gasteiger partial charge in [0.1, 0.15) is 17.4 Å². The van der Waals surface area contributed by atoms with Crippen molar-refractivity contribution in [2.75, 3.05) is 6.61 Å². The molecule has 5 aromatic rings. The van der Waals surface area contributed by atoms with Gasteiger partial charge in [0.05, 0.1) is 47.2 Å². The number of nitrogens with zero attached hydrogens (tertiary/aromatic N) is 9. The fraction of sp³-hybridized carbons (Fsp3) is 0.250. The van der Waals surface area contributed by atoms with Crippen LogP contribution >= 0.6 is 11.6 Å². The molecule has 0 N–H and O–H groups in total. The van der Waals surface area contributed by atoms with Crippen LogP contribution in [0.1, 0.15) is 23.9 Å². The predicted molar refractivity (Wildman–Crippen MR) is 133 cm³/mol. The smallest absolute Gasteiger partial charge is 0.436 e. The normalized spacial score (nSPS) is 12.8. The maximum Gasteiger partial charge on any atom is 0.436 e. The van der Waals surface area contributed by atoms with Gasteiger partial charge in [-0.25, -0.2) is 18.7 Å². The highest BCUT2D eigenvalue weighted by Crippen LogP contribution is 2.35. The third-order valence-electron chi connectivity index (χ3n) is 6.25. The minimum absolute atomic E-state index is 0.0489. The van der Waals surface area contributed by atoms with Crippen LogP contribution in [0.3, 0.4) is 0 Å². The van der Waals surface area contributed by atoms with Crippen molar-refractivity contribution in [2.24, 2.45) is 7.05 Å². The molecule has 42 heavy (non-hydrogen) atoms. The molecule has 0 saturated carbocycles. The van der Waals surface area contributed by atoms with Crippen molar-refractivity contribution in [3.05, 3.63) is 82.8 Å². The van der Waals surface area contributed by atoms with Crippen LogP contribution in [0, 0.1) is 11.0 Å². The zero-order valence-corrected chi connectivity index (χ0v) is 22.0. The van der Waals surface area contributed by atoms with E-state index in [1.54, 1.807) is 13.2 Å². The highest BCUT2D eigenvalue weighted by Gasteiger charge is 2.35. The third-order valence-corrected chi connectivity index (χ3v) is 6.54. The van der Waals surface area contributed by atoms with Gasteiger partial charge in [0.15, 0.2) is 17.7 Å². The Kier molecular flexibility index (Phi) is 7.87. The van der Waals surface area contributed by atoms with Crippen LogP contribution in [-0.2, 0) is 18.0 Å². The summed E-state index contributed by atoms with van der Waals surface area (Å²) in [6.45, 7) is -3.46. The van der Waals surface area contributed by atoms with Crippen LogP contribution in [0.5, 0.6) is 0 Å². The van der Waals surface area contributed by atoms with E-state index in [9.17, 15) is 27.2 Å². The van der Waals surface area contributed by atoms with Gasteiger partial charge in [-0.1, -0.05) is 22.0 Å². The first kappa shape index (κ1) is 29.0. The maximum atomic E-state index is 15.3. The standard InChI is InChI=1S/C24H18ClF6N9O2/c1-37-19(8-33-35-37)15-10-38(12-32-15)16(6-7-42-23(27)28)17-4-2-13(9-40(17)41)21-18(5-3-14(25)22(21)26)39-11-20(34-36-39)24(29,30)31/h2-5,8-12,16,23H,6-7H2,1H3/t16-/m0/s1. The van der Waals surface area contributed by atoms with Crippen LogP contribution in [0.15, 0.2) is 55.4 Å². The number of rotatable bonds is 9. The molecule has 18 heteroatoms. The monoisotopic (exact) mass is 613 g/mol. The number of hydrogen-bond acceptors (Lipinski definition) is 7. The summed E-state index contributed by atoms with van der Waals surface area (Å²) in [5.41, 5.74) is -0.813. The Balaban J connectivity index is 1.55. The first-order chi connectivity index (χ1) is 19.9. The van der Waals surface area contributed by atoms with Gasteiger partial charge in [-0.15, -0.1) is 10.2 Å². The largest absolute Gasteiger partial charge is 0.618 e. The van der Waals surface area contributed by atoms with Crippen LogP contribution < -0.4 is 4.73 Å². The predicted octanol–water partition coefficient (Wildman–Crippen LogP) is 4.59. The van der Waals surface area contributed by atoms with Gasteiger partial charge >= 0.3 is 12.8 Å². The van der Waals surface area contributed by atoms with E-state index in [4.69, 9.17) is 11.6 Å². The molecule has 0 unspecified atom stereocenters. The number of aromatic nitrogens is 9. The highest BCUT2D eigenvalue weighted by atomic mass is 35.5. The van der Waals surface area contributed by atoms with E-state index >= 15 is 4.39 Å². The summed E-state index contributed by atoms with van der Waals surface area (Å²) in [5.74, 6) is -1.02. The molecule has 1 aromatic carbocycles. The lowest BCUT2D eigenvalue weighted by molar-refractivity contribution is -0.615. The summed E-state index contributed by atoms with van der Waals surface area (Å²) in [6, 6.07) is 4.15. The third kappa shape index (κ3) is 5.78. The molecule has 220 valence electrons. The number of alkyl halides is 5. The lowest BCUT2D eigenvalue weighted by atomic mass is 10.0. The summed E-state index contributed by atoms with van der Waals surface area (Å²) in [6.07, 6.45) is 1.10. The molecule has 0 radical (unpaired) electrons. The van der Waals surface area contributed by atoms with Gasteiger partial charge in [0.25, 0.3) is 0 Å². The molecule has 1 atom stereocenters. The Labute approximate surface area is 237 Å². The molecular weight excluding hydrogens is 596 g/mol. The van der Waals surface area contributed by atoms with Crippen molar-refractivity contribution in [3.8, 4) is 28.2 Å². The molecule has 0 amide bonds. The lowest BCUT2D eigenvalue weighted by Gasteiger charge is -2.19. The minimum atomic E-state index is -4.80. The van der Waals surface area contributed by atoms with Crippen molar-refractivity contribution >= 4 is 11.6 Å². The van der Waals surface area contributed by atoms with E-state index in [1.165, 1.54) is 40.0 Å². The SMILES string of the molecule is Cn1nncc1-c1cn([C@@H](CCOC(F)F)c2ccc(-c3c(-n4cc(C(F)(F)F)nn4)ccc(Cl)c3F)c[n+]2[O-])cn1. The highest BCUT2D eigenvalue weighted by molar-refractivity contribution is 6.31. The van der Waals surface area contributed by atoms with Crippen molar-refractivity contribution in [3.63, 3.8) is 0 Å². The molecule has 0 aliphatic rings. The van der Waals surface area contributed by atoms with E-state index in [1.807, 2.05) is 0 Å². The number of halogens is 7. The van der Waals surface area contributed by atoms with Crippen molar-refractivity contribution in [2.45, 2.75) is 25.3 Å². The number of aryl methyl sites for hydroxylation is 1. The van der Waals surface area contributed by atoms with Gasteiger partial charge in [-0.3, -0.25) is 0 Å². The average molecular weight is 614 g/mol. The van der Waals surface area contributed by atoms with Crippen LogP contribution in [-0.4, -0.2) is 52.8 Å². The number of benzene rings is 1. The minimum Gasteiger partial charge on any atom is -0.618 e. The van der Waals surface area contributed by atoms with Crippen molar-refractivity contribution < 1.29 is 35.8 Å². The fourth-order valence-electron chi connectivity index (χ4n) is 4.30. The van der Waals surface area contributed by atoms with Crippen LogP contribution in [0.25, 0.3) is 28.2 Å². The molecule has 0 bridgehead atoms. The zero-order valence-electron chi connectivity index (χ0n) is 21.3. The van der Waals surface area contributed by atoms with Gasteiger partial charge in [-0.05, 0) is 18.2 Å². The Bertz CT molecular complexity index is 1720. The molecule has 4 heterocycles. The molecule has 0 aliphatic carbocycles. The van der Waals surface area contributed by atoms with E-state index < -0.39 is 36.9 Å². The second-order valence-corrected chi connectivity index (χ2v) is 9.26. The van der Waals surface area contributed by atoms with Crippen molar-refractivity contribution in [1.29, 1.82) is 0 Å². The quantitative estimate of drug-likeness (QED) is 0.136.